The molecule has 112 valence electrons. The molecule has 0 saturated heterocycles. The van der Waals surface area contributed by atoms with Crippen molar-refractivity contribution in [1.29, 1.82) is 0 Å². The average molecular weight is 288 g/mol. The van der Waals surface area contributed by atoms with Gasteiger partial charge in [0.1, 0.15) is 17.3 Å². The van der Waals surface area contributed by atoms with E-state index in [1.165, 1.54) is 0 Å². The van der Waals surface area contributed by atoms with Crippen LogP contribution >= 0.6 is 0 Å². The highest BCUT2D eigenvalue weighted by Gasteiger charge is 2.12. The highest BCUT2D eigenvalue weighted by molar-refractivity contribution is 5.63. The second-order valence-electron chi connectivity index (χ2n) is 4.56. The lowest BCUT2D eigenvalue weighted by Gasteiger charge is -2.12. The predicted octanol–water partition coefficient (Wildman–Crippen LogP) is 2.32. The molecule has 0 bridgehead atoms. The molecular weight excluding hydrogens is 268 g/mol. The van der Waals surface area contributed by atoms with E-state index >= 15 is 0 Å². The van der Waals surface area contributed by atoms with Crippen LogP contribution in [0, 0.1) is 6.92 Å². The van der Waals surface area contributed by atoms with Gasteiger partial charge in [0.15, 0.2) is 5.82 Å². The number of nitrogens with two attached hydrogens (primary N) is 1. The Morgan fingerprint density at radius 2 is 1.71 bits per heavy atom. The number of rotatable bonds is 5. The molecule has 6 nitrogen and oxygen atoms in total. The maximum Gasteiger partial charge on any atom is 0.162 e. The van der Waals surface area contributed by atoms with Crippen molar-refractivity contribution in [1.82, 2.24) is 9.97 Å². The Hall–Kier alpha value is -2.34. The second kappa shape index (κ2) is 6.41. The first-order chi connectivity index (χ1) is 10.1. The maximum absolute atomic E-state index is 5.56. The van der Waals surface area contributed by atoms with Gasteiger partial charge in [-0.15, -0.1) is 0 Å². The van der Waals surface area contributed by atoms with Gasteiger partial charge in [-0.05, 0) is 25.5 Å². The molecule has 0 unspecified atom stereocenters. The molecule has 6 heteroatoms. The number of nitrogen functional groups attached to an aromatic ring is 1. The first kappa shape index (κ1) is 15.1. The minimum Gasteiger partial charge on any atom is -0.497 e. The summed E-state index contributed by atoms with van der Waals surface area (Å²) in [4.78, 5) is 9.04. The van der Waals surface area contributed by atoms with Gasteiger partial charge in [-0.25, -0.2) is 15.8 Å². The largest absolute Gasteiger partial charge is 0.497 e. The second-order valence-corrected chi connectivity index (χ2v) is 4.56. The third kappa shape index (κ3) is 3.05. The molecule has 0 radical (unpaired) electrons. The summed E-state index contributed by atoms with van der Waals surface area (Å²) in [6, 6.07) is 5.53. The third-order valence-electron chi connectivity index (χ3n) is 3.31. The van der Waals surface area contributed by atoms with Crippen molar-refractivity contribution >= 4 is 5.82 Å². The van der Waals surface area contributed by atoms with E-state index in [0.29, 0.717) is 23.1 Å². The number of methoxy groups -OCH3 is 2. The Morgan fingerprint density at radius 3 is 2.19 bits per heavy atom. The van der Waals surface area contributed by atoms with Crippen molar-refractivity contribution in [2.45, 2.75) is 20.3 Å². The van der Waals surface area contributed by atoms with Crippen molar-refractivity contribution in [2.24, 2.45) is 5.84 Å². The molecule has 2 rings (SSSR count). The predicted molar refractivity (Wildman–Crippen MR) is 82.5 cm³/mol. The van der Waals surface area contributed by atoms with Crippen LogP contribution in [-0.4, -0.2) is 24.2 Å². The van der Waals surface area contributed by atoms with Gasteiger partial charge >= 0.3 is 0 Å². The van der Waals surface area contributed by atoms with Crippen LogP contribution in [0.15, 0.2) is 18.2 Å². The molecular formula is C15H20N4O2. The van der Waals surface area contributed by atoms with E-state index in [2.05, 4.69) is 15.4 Å². The quantitative estimate of drug-likeness (QED) is 0.649. The number of nitrogens with zero attached hydrogens (tertiary/aromatic N) is 2. The molecule has 0 amide bonds. The monoisotopic (exact) mass is 288 g/mol. The van der Waals surface area contributed by atoms with Gasteiger partial charge in [-0.1, -0.05) is 6.92 Å². The molecule has 0 aliphatic heterocycles. The summed E-state index contributed by atoms with van der Waals surface area (Å²) in [7, 11) is 3.22. The van der Waals surface area contributed by atoms with E-state index in [4.69, 9.17) is 15.3 Å². The Balaban J connectivity index is 2.58. The molecule has 0 atom stereocenters. The molecule has 0 aliphatic rings. The van der Waals surface area contributed by atoms with Gasteiger partial charge in [0.2, 0.25) is 0 Å². The number of ether oxygens (including phenoxy) is 2. The summed E-state index contributed by atoms with van der Waals surface area (Å²) in [6.45, 7) is 3.99. The van der Waals surface area contributed by atoms with E-state index in [9.17, 15) is 0 Å². The van der Waals surface area contributed by atoms with Crippen LogP contribution in [0.2, 0.25) is 0 Å². The number of aryl methyl sites for hydroxylation is 1. The van der Waals surface area contributed by atoms with Gasteiger partial charge < -0.3 is 14.9 Å². The molecule has 0 spiro atoms. The number of hydrogen-bond acceptors (Lipinski definition) is 6. The first-order valence-electron chi connectivity index (χ1n) is 6.70. The van der Waals surface area contributed by atoms with E-state index in [-0.39, 0.29) is 0 Å². The Labute approximate surface area is 124 Å². The number of hydrazine groups is 1. The molecule has 1 aromatic carbocycles. The van der Waals surface area contributed by atoms with Gasteiger partial charge in [-0.2, -0.15) is 0 Å². The fraction of sp³-hybridized carbons (Fsp3) is 0.333. The Morgan fingerprint density at radius 1 is 1.10 bits per heavy atom. The number of nitrogens with one attached hydrogen (secondary N) is 1. The summed E-state index contributed by atoms with van der Waals surface area (Å²) in [6.07, 6.45) is 0.813. The van der Waals surface area contributed by atoms with Crippen LogP contribution in [0.4, 0.5) is 5.82 Å². The molecule has 2 aromatic rings. The summed E-state index contributed by atoms with van der Waals surface area (Å²) in [5.74, 6) is 8.16. The van der Waals surface area contributed by atoms with Gasteiger partial charge in [-0.3, -0.25) is 0 Å². The summed E-state index contributed by atoms with van der Waals surface area (Å²) in [5, 5.41) is 0. The number of hydrogen-bond donors (Lipinski definition) is 2. The molecule has 1 heterocycles. The van der Waals surface area contributed by atoms with Crippen LogP contribution in [-0.2, 0) is 6.42 Å². The minimum absolute atomic E-state index is 0.579. The number of aromatic nitrogens is 2. The highest BCUT2D eigenvalue weighted by atomic mass is 16.5. The van der Waals surface area contributed by atoms with Crippen molar-refractivity contribution in [3.8, 4) is 22.9 Å². The normalized spacial score (nSPS) is 10.3. The Bertz CT molecular complexity index is 622. The summed E-state index contributed by atoms with van der Waals surface area (Å²) >= 11 is 0. The standard InChI is InChI=1S/C15H20N4O2/c1-5-13-9(2)17-14(18-15(13)19-16)10-6-11(20-3)8-12(7-10)21-4/h6-8H,5,16H2,1-4H3,(H,17,18,19). The van der Waals surface area contributed by atoms with Crippen molar-refractivity contribution in [3.63, 3.8) is 0 Å². The van der Waals surface area contributed by atoms with E-state index in [0.717, 1.165) is 23.2 Å². The lowest BCUT2D eigenvalue weighted by molar-refractivity contribution is 0.394. The molecule has 1 aromatic heterocycles. The van der Waals surface area contributed by atoms with E-state index in [1.54, 1.807) is 20.3 Å². The first-order valence-corrected chi connectivity index (χ1v) is 6.70. The van der Waals surface area contributed by atoms with Crippen LogP contribution in [0.5, 0.6) is 11.5 Å². The number of benzene rings is 1. The lowest BCUT2D eigenvalue weighted by Crippen LogP contribution is -2.13. The average Bonchev–Trinajstić information content (AvgIpc) is 2.53. The number of anilines is 1. The van der Waals surface area contributed by atoms with Gasteiger partial charge in [0.05, 0.1) is 14.2 Å². The molecule has 0 fully saturated rings. The fourth-order valence-electron chi connectivity index (χ4n) is 2.20. The topological polar surface area (TPSA) is 82.3 Å². The van der Waals surface area contributed by atoms with E-state index in [1.807, 2.05) is 26.0 Å². The van der Waals surface area contributed by atoms with Crippen molar-refractivity contribution in [3.05, 3.63) is 29.5 Å². The minimum atomic E-state index is 0.579. The van der Waals surface area contributed by atoms with Crippen LogP contribution in [0.25, 0.3) is 11.4 Å². The van der Waals surface area contributed by atoms with Crippen LogP contribution < -0.4 is 20.7 Å². The van der Waals surface area contributed by atoms with Gasteiger partial charge in [0, 0.05) is 22.9 Å². The summed E-state index contributed by atoms with van der Waals surface area (Å²) in [5.41, 5.74) is 5.36. The molecule has 0 saturated carbocycles. The van der Waals surface area contributed by atoms with E-state index < -0.39 is 0 Å². The zero-order valence-electron chi connectivity index (χ0n) is 12.7. The zero-order chi connectivity index (χ0) is 15.4. The lowest BCUT2D eigenvalue weighted by atomic mass is 10.1. The third-order valence-corrected chi connectivity index (χ3v) is 3.31. The highest BCUT2D eigenvalue weighted by Crippen LogP contribution is 2.29. The van der Waals surface area contributed by atoms with Crippen molar-refractivity contribution in [2.75, 3.05) is 19.6 Å². The summed E-state index contributed by atoms with van der Waals surface area (Å²) < 4.78 is 10.5. The Kier molecular flexibility index (Phi) is 4.59. The smallest absolute Gasteiger partial charge is 0.162 e. The molecule has 21 heavy (non-hydrogen) atoms. The SMILES string of the molecule is CCc1c(C)nc(-c2cc(OC)cc(OC)c2)nc1NN. The van der Waals surface area contributed by atoms with Crippen molar-refractivity contribution < 1.29 is 9.47 Å². The molecule has 3 N–H and O–H groups in total. The van der Waals surface area contributed by atoms with Gasteiger partial charge in [0.25, 0.3) is 0 Å². The van der Waals surface area contributed by atoms with Crippen LogP contribution in [0.1, 0.15) is 18.2 Å². The molecule has 0 aliphatic carbocycles. The zero-order valence-corrected chi connectivity index (χ0v) is 12.7. The fourth-order valence-corrected chi connectivity index (χ4v) is 2.20. The van der Waals surface area contributed by atoms with Crippen LogP contribution in [0.3, 0.4) is 0 Å². The maximum atomic E-state index is 5.56.